The first-order valence-electron chi connectivity index (χ1n) is 7.32. The van der Waals surface area contributed by atoms with Crippen LogP contribution in [0, 0.1) is 5.92 Å². The quantitative estimate of drug-likeness (QED) is 0.621. The highest BCUT2D eigenvalue weighted by molar-refractivity contribution is 4.74. The molecule has 2 atom stereocenters. The van der Waals surface area contributed by atoms with E-state index in [-0.39, 0.29) is 0 Å². The zero-order valence-corrected chi connectivity index (χ0v) is 11.0. The van der Waals surface area contributed by atoms with Crippen LogP contribution < -0.4 is 0 Å². The second-order valence-corrected chi connectivity index (χ2v) is 5.75. The molecule has 3 fully saturated rings. The Bertz CT molecular complexity index is 216. The van der Waals surface area contributed by atoms with Crippen molar-refractivity contribution in [2.24, 2.45) is 5.92 Å². The molecule has 0 bridgehead atoms. The highest BCUT2D eigenvalue weighted by Crippen LogP contribution is 2.27. The molecule has 2 heterocycles. The van der Waals surface area contributed by atoms with Crippen molar-refractivity contribution in [3.8, 4) is 0 Å². The zero-order chi connectivity index (χ0) is 12.2. The van der Waals surface area contributed by atoms with Gasteiger partial charge in [-0.2, -0.15) is 0 Å². The lowest BCUT2D eigenvalue weighted by atomic mass is 9.88. The van der Waals surface area contributed by atoms with Crippen LogP contribution in [0.5, 0.6) is 0 Å². The second-order valence-electron chi connectivity index (χ2n) is 5.75. The Kier molecular flexibility index (Phi) is 4.52. The molecule has 2 aliphatic heterocycles. The summed E-state index contributed by atoms with van der Waals surface area (Å²) in [6.07, 6.45) is 7.33. The molecule has 18 heavy (non-hydrogen) atoms. The van der Waals surface area contributed by atoms with E-state index >= 15 is 0 Å². The molecule has 4 nitrogen and oxygen atoms in total. The fraction of sp³-hybridized carbons (Fsp3) is 1.00. The van der Waals surface area contributed by atoms with E-state index in [9.17, 15) is 0 Å². The van der Waals surface area contributed by atoms with Gasteiger partial charge in [0, 0.05) is 13.2 Å². The van der Waals surface area contributed by atoms with E-state index in [0.29, 0.717) is 18.3 Å². The van der Waals surface area contributed by atoms with E-state index in [2.05, 4.69) is 0 Å². The van der Waals surface area contributed by atoms with Gasteiger partial charge < -0.3 is 18.9 Å². The number of hydrogen-bond acceptors (Lipinski definition) is 4. The van der Waals surface area contributed by atoms with E-state index in [4.69, 9.17) is 18.9 Å². The zero-order valence-electron chi connectivity index (χ0n) is 11.0. The van der Waals surface area contributed by atoms with Crippen molar-refractivity contribution in [3.63, 3.8) is 0 Å². The van der Waals surface area contributed by atoms with E-state index in [1.54, 1.807) is 0 Å². The minimum absolute atomic E-state index is 0.398. The number of epoxide rings is 2. The molecule has 104 valence electrons. The normalized spacial score (nSPS) is 38.7. The summed E-state index contributed by atoms with van der Waals surface area (Å²) in [6, 6.07) is 0. The fourth-order valence-electron chi connectivity index (χ4n) is 2.60. The molecule has 1 saturated carbocycles. The first-order valence-corrected chi connectivity index (χ1v) is 7.32. The first kappa shape index (κ1) is 12.9. The van der Waals surface area contributed by atoms with E-state index in [0.717, 1.165) is 45.4 Å². The lowest BCUT2D eigenvalue weighted by Crippen LogP contribution is -2.25. The monoisotopic (exact) mass is 256 g/mol. The Labute approximate surface area is 109 Å². The molecule has 3 aliphatic rings. The third kappa shape index (κ3) is 4.50. The second kappa shape index (κ2) is 6.33. The Balaban J connectivity index is 1.21. The lowest BCUT2D eigenvalue weighted by Gasteiger charge is -2.28. The molecule has 3 rings (SSSR count). The van der Waals surface area contributed by atoms with Gasteiger partial charge in [-0.25, -0.2) is 0 Å². The van der Waals surface area contributed by atoms with Crippen molar-refractivity contribution in [3.05, 3.63) is 0 Å². The van der Waals surface area contributed by atoms with E-state index in [1.807, 2.05) is 0 Å². The molecule has 0 radical (unpaired) electrons. The molecule has 2 saturated heterocycles. The predicted molar refractivity (Wildman–Crippen MR) is 66.6 cm³/mol. The summed E-state index contributed by atoms with van der Waals surface area (Å²) in [6.45, 7) is 4.40. The molecule has 2 unspecified atom stereocenters. The third-order valence-electron chi connectivity index (χ3n) is 4.05. The van der Waals surface area contributed by atoms with Crippen molar-refractivity contribution in [1.29, 1.82) is 0 Å². The average molecular weight is 256 g/mol. The summed E-state index contributed by atoms with van der Waals surface area (Å²) >= 11 is 0. The van der Waals surface area contributed by atoms with Crippen LogP contribution in [0.3, 0.4) is 0 Å². The number of hydrogen-bond donors (Lipinski definition) is 0. The Hall–Kier alpha value is -0.160. The molecule has 0 aromatic heterocycles. The van der Waals surface area contributed by atoms with Gasteiger partial charge in [0.2, 0.25) is 0 Å². The van der Waals surface area contributed by atoms with Crippen molar-refractivity contribution < 1.29 is 18.9 Å². The van der Waals surface area contributed by atoms with Crippen LogP contribution in [0.15, 0.2) is 0 Å². The largest absolute Gasteiger partial charge is 0.378 e. The van der Waals surface area contributed by atoms with Gasteiger partial charge >= 0.3 is 0 Å². The van der Waals surface area contributed by atoms with Gasteiger partial charge in [0.05, 0.1) is 32.0 Å². The molecule has 0 aromatic rings. The van der Waals surface area contributed by atoms with Crippen molar-refractivity contribution in [2.75, 3.05) is 33.0 Å². The topological polar surface area (TPSA) is 43.5 Å². The minimum atomic E-state index is 0.398. The van der Waals surface area contributed by atoms with Crippen LogP contribution in [0.2, 0.25) is 0 Å². The molecule has 0 amide bonds. The Morgan fingerprint density at radius 2 is 1.61 bits per heavy atom. The Morgan fingerprint density at radius 3 is 2.28 bits per heavy atom. The van der Waals surface area contributed by atoms with Gasteiger partial charge in [0.1, 0.15) is 6.10 Å². The number of rotatable bonds is 8. The molecule has 0 spiro atoms. The van der Waals surface area contributed by atoms with Crippen LogP contribution in [-0.2, 0) is 18.9 Å². The van der Waals surface area contributed by atoms with Crippen LogP contribution in [-0.4, -0.2) is 51.3 Å². The van der Waals surface area contributed by atoms with Crippen LogP contribution in [0.25, 0.3) is 0 Å². The van der Waals surface area contributed by atoms with Gasteiger partial charge in [0.15, 0.2) is 0 Å². The maximum absolute atomic E-state index is 5.89. The molecule has 0 aromatic carbocycles. The van der Waals surface area contributed by atoms with E-state index in [1.165, 1.54) is 25.7 Å². The van der Waals surface area contributed by atoms with Crippen LogP contribution in [0.1, 0.15) is 32.1 Å². The minimum Gasteiger partial charge on any atom is -0.378 e. The average Bonchev–Trinajstić information content (AvgIpc) is 3.25. The summed E-state index contributed by atoms with van der Waals surface area (Å²) in [7, 11) is 0. The molecular formula is C14H24O4. The smallest absolute Gasteiger partial charge is 0.104 e. The predicted octanol–water partition coefficient (Wildman–Crippen LogP) is 1.77. The molecular weight excluding hydrogens is 232 g/mol. The fourth-order valence-corrected chi connectivity index (χ4v) is 2.60. The highest BCUT2D eigenvalue weighted by Gasteiger charge is 2.26. The van der Waals surface area contributed by atoms with Crippen molar-refractivity contribution >= 4 is 0 Å². The van der Waals surface area contributed by atoms with Gasteiger partial charge in [-0.3, -0.25) is 0 Å². The summed E-state index contributed by atoms with van der Waals surface area (Å²) in [4.78, 5) is 0. The van der Waals surface area contributed by atoms with Gasteiger partial charge in [-0.05, 0) is 38.0 Å². The summed E-state index contributed by atoms with van der Waals surface area (Å²) in [5.74, 6) is 0.732. The van der Waals surface area contributed by atoms with Crippen molar-refractivity contribution in [1.82, 2.24) is 0 Å². The van der Waals surface area contributed by atoms with E-state index < -0.39 is 0 Å². The van der Waals surface area contributed by atoms with Crippen molar-refractivity contribution in [2.45, 2.75) is 50.4 Å². The maximum atomic E-state index is 5.89. The highest BCUT2D eigenvalue weighted by atomic mass is 16.6. The first-order chi connectivity index (χ1) is 8.90. The molecule has 0 N–H and O–H groups in total. The van der Waals surface area contributed by atoms with Crippen LogP contribution in [0.4, 0.5) is 0 Å². The maximum Gasteiger partial charge on any atom is 0.104 e. The summed E-state index contributed by atoms with van der Waals surface area (Å²) in [5, 5.41) is 0. The summed E-state index contributed by atoms with van der Waals surface area (Å²) < 4.78 is 21.9. The molecule has 4 heteroatoms. The number of ether oxygens (including phenoxy) is 4. The van der Waals surface area contributed by atoms with Crippen LogP contribution >= 0.6 is 0 Å². The SMILES string of the molecule is C(CC1CO1)OC1CCC(COCC2CO2)CC1. The van der Waals surface area contributed by atoms with Gasteiger partial charge in [-0.15, -0.1) is 0 Å². The standard InChI is InChI=1S/C14H24O4/c1-3-12(16-6-5-13-9-17-13)4-2-11(1)7-15-8-14-10-18-14/h11-14H,1-10H2. The Morgan fingerprint density at radius 1 is 0.889 bits per heavy atom. The van der Waals surface area contributed by atoms with Gasteiger partial charge in [-0.1, -0.05) is 0 Å². The summed E-state index contributed by atoms with van der Waals surface area (Å²) in [5.41, 5.74) is 0. The molecule has 1 aliphatic carbocycles. The van der Waals surface area contributed by atoms with Gasteiger partial charge in [0.25, 0.3) is 0 Å². The third-order valence-corrected chi connectivity index (χ3v) is 4.05. The lowest BCUT2D eigenvalue weighted by molar-refractivity contribution is -0.00142.